The molecule has 46 valence electrons. The lowest BCUT2D eigenvalue weighted by atomic mass is 10.4. The SMILES string of the molecule is N[C@H](C(=O)O)C(=O)S. The fraction of sp³-hybridized carbons (Fsp3) is 0.333. The van der Waals surface area contributed by atoms with Crippen molar-refractivity contribution in [3.05, 3.63) is 0 Å². The van der Waals surface area contributed by atoms with Crippen LogP contribution >= 0.6 is 12.6 Å². The lowest BCUT2D eigenvalue weighted by molar-refractivity contribution is -0.140. The third kappa shape index (κ3) is 1.94. The molecule has 0 rings (SSSR count). The molecule has 0 aromatic rings. The van der Waals surface area contributed by atoms with E-state index in [1.807, 2.05) is 0 Å². The molecule has 4 nitrogen and oxygen atoms in total. The minimum atomic E-state index is -1.49. The van der Waals surface area contributed by atoms with Crippen LogP contribution in [0.3, 0.4) is 0 Å². The maximum absolute atomic E-state index is 9.94. The van der Waals surface area contributed by atoms with Gasteiger partial charge in [0.05, 0.1) is 0 Å². The van der Waals surface area contributed by atoms with Gasteiger partial charge in [-0.15, -0.1) is 12.6 Å². The normalized spacial score (nSPS) is 12.8. The number of rotatable bonds is 2. The second-order valence-corrected chi connectivity index (χ2v) is 1.59. The molecule has 0 amide bonds. The van der Waals surface area contributed by atoms with Crippen molar-refractivity contribution in [2.45, 2.75) is 6.04 Å². The first-order valence-electron chi connectivity index (χ1n) is 1.77. The zero-order valence-corrected chi connectivity index (χ0v) is 4.76. The van der Waals surface area contributed by atoms with Gasteiger partial charge >= 0.3 is 5.97 Å². The number of hydrogen-bond donors (Lipinski definition) is 3. The molecular formula is C3H5NO3S. The van der Waals surface area contributed by atoms with Crippen molar-refractivity contribution in [3.8, 4) is 0 Å². The summed E-state index contributed by atoms with van der Waals surface area (Å²) in [7, 11) is 0. The van der Waals surface area contributed by atoms with Gasteiger partial charge in [-0.2, -0.15) is 0 Å². The van der Waals surface area contributed by atoms with Gasteiger partial charge in [-0.1, -0.05) is 0 Å². The van der Waals surface area contributed by atoms with E-state index in [1.54, 1.807) is 0 Å². The summed E-state index contributed by atoms with van der Waals surface area (Å²) in [5, 5.41) is 7.12. The third-order valence-corrected chi connectivity index (χ3v) is 0.810. The molecule has 0 aromatic heterocycles. The summed E-state index contributed by atoms with van der Waals surface area (Å²) < 4.78 is 0. The highest BCUT2D eigenvalue weighted by Gasteiger charge is 2.16. The van der Waals surface area contributed by atoms with Crippen LogP contribution in [0.4, 0.5) is 0 Å². The van der Waals surface area contributed by atoms with E-state index >= 15 is 0 Å². The van der Waals surface area contributed by atoms with Gasteiger partial charge in [-0.25, -0.2) is 0 Å². The number of aliphatic carboxylic acids is 1. The molecule has 0 saturated carbocycles. The summed E-state index contributed by atoms with van der Waals surface area (Å²) in [5.41, 5.74) is 4.73. The summed E-state index contributed by atoms with van der Waals surface area (Å²) in [5.74, 6) is -1.36. The van der Waals surface area contributed by atoms with Crippen LogP contribution in [0.2, 0.25) is 0 Å². The Morgan fingerprint density at radius 1 is 1.62 bits per heavy atom. The number of nitrogens with two attached hydrogens (primary N) is 1. The van der Waals surface area contributed by atoms with E-state index in [4.69, 9.17) is 10.8 Å². The van der Waals surface area contributed by atoms with Crippen LogP contribution in [0.1, 0.15) is 0 Å². The van der Waals surface area contributed by atoms with Crippen LogP contribution in [0, 0.1) is 0 Å². The first kappa shape index (κ1) is 7.45. The first-order chi connectivity index (χ1) is 3.55. The molecule has 0 unspecified atom stereocenters. The minimum Gasteiger partial charge on any atom is -0.480 e. The van der Waals surface area contributed by atoms with E-state index in [0.29, 0.717) is 0 Å². The van der Waals surface area contributed by atoms with Crippen molar-refractivity contribution in [3.63, 3.8) is 0 Å². The molecule has 1 atom stereocenters. The van der Waals surface area contributed by atoms with E-state index in [9.17, 15) is 9.59 Å². The van der Waals surface area contributed by atoms with Crippen LogP contribution < -0.4 is 5.73 Å². The zero-order chi connectivity index (χ0) is 6.73. The predicted molar refractivity (Wildman–Crippen MR) is 29.6 cm³/mol. The van der Waals surface area contributed by atoms with Crippen molar-refractivity contribution in [1.29, 1.82) is 0 Å². The van der Waals surface area contributed by atoms with Gasteiger partial charge in [0.1, 0.15) is 0 Å². The molecule has 0 aliphatic rings. The number of hydrogen-bond acceptors (Lipinski definition) is 3. The monoisotopic (exact) mass is 135 g/mol. The van der Waals surface area contributed by atoms with E-state index in [-0.39, 0.29) is 0 Å². The second kappa shape index (κ2) is 2.68. The Hall–Kier alpha value is -0.550. The Bertz CT molecular complexity index is 110. The fourth-order valence-corrected chi connectivity index (χ4v) is 0.216. The van der Waals surface area contributed by atoms with Crippen LogP contribution in [-0.4, -0.2) is 22.2 Å². The predicted octanol–water partition coefficient (Wildman–Crippen LogP) is -1.15. The average molecular weight is 135 g/mol. The molecule has 0 fully saturated rings. The summed E-state index contributed by atoms with van der Waals surface area (Å²) in [6.45, 7) is 0. The molecule has 3 N–H and O–H groups in total. The van der Waals surface area contributed by atoms with Crippen LogP contribution in [-0.2, 0) is 9.59 Å². The molecule has 0 bridgehead atoms. The molecule has 0 aromatic carbocycles. The lowest BCUT2D eigenvalue weighted by Crippen LogP contribution is -2.35. The molecule has 0 heterocycles. The lowest BCUT2D eigenvalue weighted by Gasteiger charge is -1.95. The standard InChI is InChI=1S/C3H5NO3S/c4-1(2(5)6)3(7)8/h1H,4H2,(H,5,6)(H,7,8)/t1-/m1/s1. The van der Waals surface area contributed by atoms with Crippen molar-refractivity contribution < 1.29 is 14.7 Å². The zero-order valence-electron chi connectivity index (χ0n) is 3.87. The fourth-order valence-electron chi connectivity index (χ4n) is 0.106. The largest absolute Gasteiger partial charge is 0.480 e. The van der Waals surface area contributed by atoms with Crippen LogP contribution in [0.15, 0.2) is 0 Å². The quantitative estimate of drug-likeness (QED) is 0.330. The van der Waals surface area contributed by atoms with Crippen molar-refractivity contribution in [1.82, 2.24) is 0 Å². The first-order valence-corrected chi connectivity index (χ1v) is 2.21. The molecule has 0 radical (unpaired) electrons. The topological polar surface area (TPSA) is 80.4 Å². The number of carboxylic acid groups (broad SMARTS) is 1. The van der Waals surface area contributed by atoms with E-state index in [0.717, 1.165) is 0 Å². The van der Waals surface area contributed by atoms with E-state index in [2.05, 4.69) is 12.6 Å². The molecule has 8 heavy (non-hydrogen) atoms. The van der Waals surface area contributed by atoms with Gasteiger partial charge in [0.25, 0.3) is 0 Å². The molecule has 0 saturated heterocycles. The smallest absolute Gasteiger partial charge is 0.329 e. The second-order valence-electron chi connectivity index (χ2n) is 1.15. The third-order valence-electron chi connectivity index (χ3n) is 0.532. The maximum atomic E-state index is 9.94. The van der Waals surface area contributed by atoms with Gasteiger partial charge in [-0.3, -0.25) is 9.59 Å². The van der Waals surface area contributed by atoms with Crippen LogP contribution in [0.25, 0.3) is 0 Å². The van der Waals surface area contributed by atoms with E-state index in [1.165, 1.54) is 0 Å². The van der Waals surface area contributed by atoms with Gasteiger partial charge in [0, 0.05) is 0 Å². The Morgan fingerprint density at radius 2 is 2.00 bits per heavy atom. The Morgan fingerprint density at radius 3 is 2.00 bits per heavy atom. The van der Waals surface area contributed by atoms with Crippen LogP contribution in [0.5, 0.6) is 0 Å². The Kier molecular flexibility index (Phi) is 2.50. The molecule has 0 aliphatic heterocycles. The number of thiol groups is 1. The van der Waals surface area contributed by atoms with Gasteiger partial charge < -0.3 is 10.8 Å². The highest BCUT2D eigenvalue weighted by atomic mass is 32.1. The van der Waals surface area contributed by atoms with E-state index < -0.39 is 17.1 Å². The summed E-state index contributed by atoms with van der Waals surface area (Å²) >= 11 is 3.19. The van der Waals surface area contributed by atoms with Gasteiger partial charge in [0.15, 0.2) is 6.04 Å². The summed E-state index contributed by atoms with van der Waals surface area (Å²) in [6, 6.07) is -1.49. The number of carbonyl (C=O) groups is 2. The number of carboxylic acids is 1. The minimum absolute atomic E-state index is 0.836. The Balaban J connectivity index is 3.83. The molecular weight excluding hydrogens is 130 g/mol. The average Bonchev–Trinajstić information content (AvgIpc) is 1.64. The van der Waals surface area contributed by atoms with Crippen molar-refractivity contribution in [2.75, 3.05) is 0 Å². The number of carbonyl (C=O) groups excluding carboxylic acids is 1. The van der Waals surface area contributed by atoms with Gasteiger partial charge in [0.2, 0.25) is 5.12 Å². The summed E-state index contributed by atoms with van der Waals surface area (Å²) in [6.07, 6.45) is 0. The Labute approximate surface area is 51.1 Å². The molecule has 0 spiro atoms. The van der Waals surface area contributed by atoms with Crippen molar-refractivity contribution in [2.24, 2.45) is 5.73 Å². The van der Waals surface area contributed by atoms with Crippen molar-refractivity contribution >= 4 is 23.7 Å². The summed E-state index contributed by atoms with van der Waals surface area (Å²) in [4.78, 5) is 19.7. The highest BCUT2D eigenvalue weighted by molar-refractivity contribution is 7.96. The maximum Gasteiger partial charge on any atom is 0.329 e. The van der Waals surface area contributed by atoms with Gasteiger partial charge in [-0.05, 0) is 0 Å². The molecule has 5 heteroatoms. The highest BCUT2D eigenvalue weighted by Crippen LogP contribution is 1.84. The molecule has 0 aliphatic carbocycles.